The molecule has 4 atom stereocenters. The average Bonchev–Trinajstić information content (AvgIpc) is 2.76. The highest BCUT2D eigenvalue weighted by molar-refractivity contribution is 5.29. The molecule has 13 heteroatoms. The fourth-order valence-corrected chi connectivity index (χ4v) is 2.81. The third kappa shape index (κ3) is 9.10. The molecule has 1 fully saturated rings. The molecular weight excluding hydrogens is 439 g/mol. The van der Waals surface area contributed by atoms with Gasteiger partial charge in [0.15, 0.2) is 0 Å². The molecule has 1 aromatic rings. The molecule has 0 spiro atoms. The van der Waals surface area contributed by atoms with Crippen LogP contribution in [0.1, 0.15) is 12.6 Å². The molecule has 1 aromatic heterocycles. The van der Waals surface area contributed by atoms with Crippen LogP contribution in [0.3, 0.4) is 0 Å². The van der Waals surface area contributed by atoms with Gasteiger partial charge in [0.25, 0.3) is 0 Å². The Morgan fingerprint density at radius 2 is 1.66 bits per heavy atom. The fourth-order valence-electron chi connectivity index (χ4n) is 2.81. The molecule has 184 valence electrons. The molecule has 0 bridgehead atoms. The third-order valence-corrected chi connectivity index (χ3v) is 4.50. The van der Waals surface area contributed by atoms with Crippen molar-refractivity contribution in [2.24, 2.45) is 0 Å². The number of rotatable bonds is 14. The lowest BCUT2D eigenvalue weighted by atomic mass is 9.98. The molecule has 10 nitrogen and oxygen atoms in total. The Labute approximate surface area is 184 Å². The quantitative estimate of drug-likeness (QED) is 0.332. The van der Waals surface area contributed by atoms with E-state index in [-0.39, 0.29) is 25.8 Å². The maximum absolute atomic E-state index is 12.8. The van der Waals surface area contributed by atoms with E-state index in [1.807, 2.05) is 6.92 Å². The van der Waals surface area contributed by atoms with Gasteiger partial charge in [-0.05, 0) is 13.0 Å². The van der Waals surface area contributed by atoms with Crippen molar-refractivity contribution in [3.05, 3.63) is 18.0 Å². The van der Waals surface area contributed by atoms with Crippen molar-refractivity contribution in [2.45, 2.75) is 37.5 Å². The van der Waals surface area contributed by atoms with Crippen LogP contribution in [-0.2, 0) is 29.9 Å². The molecule has 0 saturated carbocycles. The summed E-state index contributed by atoms with van der Waals surface area (Å²) in [7, 11) is 0. The highest BCUT2D eigenvalue weighted by Gasteiger charge is 2.39. The first kappa shape index (κ1) is 26.6. The van der Waals surface area contributed by atoms with Gasteiger partial charge in [0, 0.05) is 12.8 Å². The zero-order chi connectivity index (χ0) is 23.4. The minimum atomic E-state index is -4.62. The van der Waals surface area contributed by atoms with Gasteiger partial charge in [-0.3, -0.25) is 0 Å². The van der Waals surface area contributed by atoms with Crippen molar-refractivity contribution < 1.29 is 47.1 Å². The van der Waals surface area contributed by atoms with E-state index in [2.05, 4.69) is 15.3 Å². The van der Waals surface area contributed by atoms with Gasteiger partial charge in [-0.15, -0.1) is 0 Å². The summed E-state index contributed by atoms with van der Waals surface area (Å²) in [6, 6.07) is -0.156. The molecule has 0 aliphatic carbocycles. The number of ether oxygens (including phenoxy) is 5. The number of halogens is 3. The van der Waals surface area contributed by atoms with Crippen molar-refractivity contribution >= 4 is 5.95 Å². The van der Waals surface area contributed by atoms with Gasteiger partial charge in [-0.2, -0.15) is 13.2 Å². The van der Waals surface area contributed by atoms with Crippen LogP contribution in [-0.4, -0.2) is 104 Å². The summed E-state index contributed by atoms with van der Waals surface area (Å²) in [6.45, 7) is 4.94. The molecule has 0 amide bonds. The van der Waals surface area contributed by atoms with Gasteiger partial charge in [-0.1, -0.05) is 0 Å². The monoisotopic (exact) mass is 469 g/mol. The highest BCUT2D eigenvalue weighted by atomic mass is 19.4. The predicted octanol–water partition coefficient (Wildman–Crippen LogP) is 0.483. The average molecular weight is 469 g/mol. The molecule has 32 heavy (non-hydrogen) atoms. The van der Waals surface area contributed by atoms with E-state index >= 15 is 0 Å². The number of anilines is 1. The Hall–Kier alpha value is -1.61. The zero-order valence-electron chi connectivity index (χ0n) is 17.8. The SMILES string of the molecule is CCOCCOCCOCCOC[C@H]1OC[C@H](Nc2nccc(C(F)(F)F)n2)[C@@H](O)[C@H]1O. The van der Waals surface area contributed by atoms with E-state index in [9.17, 15) is 23.4 Å². The summed E-state index contributed by atoms with van der Waals surface area (Å²) in [5, 5.41) is 23.1. The highest BCUT2D eigenvalue weighted by Crippen LogP contribution is 2.28. The van der Waals surface area contributed by atoms with E-state index in [0.717, 1.165) is 12.3 Å². The van der Waals surface area contributed by atoms with E-state index in [1.165, 1.54) is 0 Å². The first-order valence-corrected chi connectivity index (χ1v) is 10.3. The normalized spacial score (nSPS) is 23.9. The molecule has 0 radical (unpaired) electrons. The van der Waals surface area contributed by atoms with Crippen molar-refractivity contribution in [3.63, 3.8) is 0 Å². The Bertz CT molecular complexity index is 657. The molecule has 2 heterocycles. The second-order valence-electron chi connectivity index (χ2n) is 6.86. The Kier molecular flexibility index (Phi) is 11.5. The maximum atomic E-state index is 12.8. The number of alkyl halides is 3. The van der Waals surface area contributed by atoms with Crippen LogP contribution in [0.25, 0.3) is 0 Å². The van der Waals surface area contributed by atoms with Crippen molar-refractivity contribution in [1.29, 1.82) is 0 Å². The molecule has 1 saturated heterocycles. The number of aliphatic hydroxyl groups excluding tert-OH is 2. The number of hydrogen-bond acceptors (Lipinski definition) is 10. The Morgan fingerprint density at radius 1 is 1.03 bits per heavy atom. The molecular formula is C19H30F3N3O7. The summed E-state index contributed by atoms with van der Waals surface area (Å²) in [5.41, 5.74) is -1.12. The summed E-state index contributed by atoms with van der Waals surface area (Å²) >= 11 is 0. The van der Waals surface area contributed by atoms with Crippen LogP contribution < -0.4 is 5.32 Å². The molecule has 3 N–H and O–H groups in total. The lowest BCUT2D eigenvalue weighted by Gasteiger charge is -2.37. The van der Waals surface area contributed by atoms with E-state index < -0.39 is 36.2 Å². The van der Waals surface area contributed by atoms with Crippen LogP contribution >= 0.6 is 0 Å². The van der Waals surface area contributed by atoms with Crippen LogP contribution in [0.5, 0.6) is 0 Å². The Morgan fingerprint density at radius 3 is 2.28 bits per heavy atom. The minimum Gasteiger partial charge on any atom is -0.388 e. The maximum Gasteiger partial charge on any atom is 0.433 e. The van der Waals surface area contributed by atoms with Gasteiger partial charge in [-0.25, -0.2) is 9.97 Å². The minimum absolute atomic E-state index is 0.0131. The van der Waals surface area contributed by atoms with Crippen molar-refractivity contribution in [3.8, 4) is 0 Å². The predicted molar refractivity (Wildman–Crippen MR) is 105 cm³/mol. The van der Waals surface area contributed by atoms with Crippen LogP contribution in [0, 0.1) is 0 Å². The zero-order valence-corrected chi connectivity index (χ0v) is 17.8. The lowest BCUT2D eigenvalue weighted by molar-refractivity contribution is -0.161. The second kappa shape index (κ2) is 13.8. The summed E-state index contributed by atoms with van der Waals surface area (Å²) in [5.74, 6) is -0.326. The van der Waals surface area contributed by atoms with Crippen LogP contribution in [0.15, 0.2) is 12.3 Å². The third-order valence-electron chi connectivity index (χ3n) is 4.50. The van der Waals surface area contributed by atoms with Gasteiger partial charge in [0.05, 0.1) is 58.9 Å². The number of aliphatic hydroxyl groups is 2. The fraction of sp³-hybridized carbons (Fsp3) is 0.789. The van der Waals surface area contributed by atoms with E-state index in [1.54, 1.807) is 0 Å². The Balaban J connectivity index is 1.63. The lowest BCUT2D eigenvalue weighted by Crippen LogP contribution is -2.57. The van der Waals surface area contributed by atoms with Crippen molar-refractivity contribution in [1.82, 2.24) is 9.97 Å². The van der Waals surface area contributed by atoms with Crippen LogP contribution in [0.4, 0.5) is 19.1 Å². The summed E-state index contributed by atoms with van der Waals surface area (Å²) in [4.78, 5) is 7.09. The van der Waals surface area contributed by atoms with Gasteiger partial charge < -0.3 is 39.2 Å². The van der Waals surface area contributed by atoms with Gasteiger partial charge in [0.1, 0.15) is 24.0 Å². The van der Waals surface area contributed by atoms with Crippen molar-refractivity contribution in [2.75, 3.05) is 64.8 Å². The smallest absolute Gasteiger partial charge is 0.388 e. The number of aromatic nitrogens is 2. The van der Waals surface area contributed by atoms with E-state index in [0.29, 0.717) is 39.6 Å². The number of nitrogens with zero attached hydrogens (tertiary/aromatic N) is 2. The second-order valence-corrected chi connectivity index (χ2v) is 6.86. The number of hydrogen-bond donors (Lipinski definition) is 3. The van der Waals surface area contributed by atoms with E-state index in [4.69, 9.17) is 23.7 Å². The van der Waals surface area contributed by atoms with Gasteiger partial charge in [0.2, 0.25) is 5.95 Å². The molecule has 2 rings (SSSR count). The molecule has 1 aliphatic rings. The standard InChI is InChI=1S/C19H30F3N3O7/c1-2-28-5-6-29-7-8-30-9-10-31-12-14-17(27)16(26)13(11-32-14)24-18-23-4-3-15(25-18)19(20,21)22/h3-4,13-14,16-17,26-27H,2,5-12H2,1H3,(H,23,24,25)/t13-,14+,16+,17-/m0/s1. The largest absolute Gasteiger partial charge is 0.433 e. The molecule has 1 aliphatic heterocycles. The topological polar surface area (TPSA) is 124 Å². The molecule has 0 aromatic carbocycles. The van der Waals surface area contributed by atoms with Gasteiger partial charge >= 0.3 is 6.18 Å². The first-order valence-electron chi connectivity index (χ1n) is 10.3. The van der Waals surface area contributed by atoms with Crippen LogP contribution in [0.2, 0.25) is 0 Å². The summed E-state index contributed by atoms with van der Waals surface area (Å²) < 4.78 is 65.0. The number of nitrogens with one attached hydrogen (secondary N) is 1. The molecule has 0 unspecified atom stereocenters. The first-order chi connectivity index (χ1) is 15.3. The summed E-state index contributed by atoms with van der Waals surface area (Å²) in [6.07, 6.45) is -7.10.